The molecule has 0 spiro atoms. The minimum absolute atomic E-state index is 0.611. The first kappa shape index (κ1) is 5.04. The summed E-state index contributed by atoms with van der Waals surface area (Å²) >= 11 is 7.06. The van der Waals surface area contributed by atoms with Crippen LogP contribution in [0.5, 0.6) is 0 Å². The van der Waals surface area contributed by atoms with E-state index in [0.29, 0.717) is 0 Å². The Kier molecular flexibility index (Phi) is 2.31. The van der Waals surface area contributed by atoms with Crippen molar-refractivity contribution in [3.8, 4) is 0 Å². The lowest BCUT2D eigenvalue weighted by atomic mass is 11.5. The highest BCUT2D eigenvalue weighted by molar-refractivity contribution is 7.96. The van der Waals surface area contributed by atoms with Crippen molar-refractivity contribution in [3.63, 3.8) is 0 Å². The average molecular weight is 107 g/mol. The molecule has 0 saturated heterocycles. The normalized spacial score (nSPS) is 6.60. The van der Waals surface area contributed by atoms with Crippen molar-refractivity contribution in [2.24, 2.45) is 4.36 Å². The summed E-state index contributed by atoms with van der Waals surface area (Å²) in [4.78, 5) is 9.41. The lowest BCUT2D eigenvalue weighted by Crippen LogP contribution is -1.62. The van der Waals surface area contributed by atoms with Crippen LogP contribution in [0.3, 0.4) is 0 Å². The van der Waals surface area contributed by atoms with Gasteiger partial charge in [0.15, 0.2) is 0 Å². The Morgan fingerprint density at radius 3 is 2.20 bits per heavy atom. The molecule has 0 aliphatic heterocycles. The summed E-state index contributed by atoms with van der Waals surface area (Å²) in [5.41, 5.74) is 0. The molecule has 5 heavy (non-hydrogen) atoms. The topological polar surface area (TPSA) is 29.4 Å². The molecule has 0 fully saturated rings. The second kappa shape index (κ2) is 2.29. The Hall–Kier alpha value is 0.0400. The van der Waals surface area contributed by atoms with E-state index in [1.807, 2.05) is 0 Å². The first-order valence-corrected chi connectivity index (χ1v) is 1.65. The van der Waals surface area contributed by atoms with E-state index in [4.69, 9.17) is 0 Å². The van der Waals surface area contributed by atoms with Crippen LogP contribution in [0.2, 0.25) is 0 Å². The first-order chi connectivity index (χ1) is 2.27. The molecule has 28 valence electrons. The zero-order valence-corrected chi connectivity index (χ0v) is 3.92. The Labute approximate surface area is 40.1 Å². The zero-order chi connectivity index (χ0) is 4.28. The van der Waals surface area contributed by atoms with Crippen molar-refractivity contribution in [1.82, 2.24) is 0 Å². The third kappa shape index (κ3) is 4.04. The summed E-state index contributed by atoms with van der Waals surface area (Å²) in [7, 11) is 0. The molecular weight excluding hydrogens is 106 g/mol. The van der Waals surface area contributed by atoms with Gasteiger partial charge in [-0.3, -0.25) is 4.79 Å². The number of nitrogens with zero attached hydrogens (tertiary/aromatic N) is 1. The lowest BCUT2D eigenvalue weighted by Gasteiger charge is -1.59. The van der Waals surface area contributed by atoms with Crippen LogP contribution in [0.1, 0.15) is 0 Å². The number of hydrogen-bond acceptors (Lipinski definition) is 2. The van der Waals surface area contributed by atoms with Gasteiger partial charge in [-0.15, -0.1) is 4.36 Å². The van der Waals surface area contributed by atoms with Gasteiger partial charge in [-0.05, 0) is 0 Å². The van der Waals surface area contributed by atoms with Gasteiger partial charge in [-0.1, -0.05) is 12.6 Å². The molecule has 0 bridgehead atoms. The van der Waals surface area contributed by atoms with Crippen molar-refractivity contribution in [2.45, 2.75) is 0 Å². The van der Waals surface area contributed by atoms with Gasteiger partial charge in [0, 0.05) is 12.4 Å². The maximum absolute atomic E-state index is 9.41. The summed E-state index contributed by atoms with van der Waals surface area (Å²) in [5.74, 6) is 0. The van der Waals surface area contributed by atoms with E-state index in [0.717, 1.165) is 0 Å². The fraction of sp³-hybridized carbons (Fsp3) is 0. The van der Waals surface area contributed by atoms with E-state index in [-0.39, 0.29) is 0 Å². The molecule has 0 aliphatic carbocycles. The van der Waals surface area contributed by atoms with Crippen molar-refractivity contribution >= 4 is 30.3 Å². The monoisotopic (exact) mass is 107 g/mol. The van der Waals surface area contributed by atoms with Crippen LogP contribution in [0.4, 0.5) is 4.79 Å². The van der Waals surface area contributed by atoms with E-state index in [1.165, 1.54) is 0 Å². The Bertz CT molecular complexity index is 60.7. The molecule has 0 rings (SSSR count). The van der Waals surface area contributed by atoms with Crippen LogP contribution in [0, 0.1) is 0 Å². The maximum Gasteiger partial charge on any atom is 0.313 e. The third-order valence-electron chi connectivity index (χ3n) is 0.0781. The zero-order valence-electron chi connectivity index (χ0n) is 2.21. The van der Waals surface area contributed by atoms with E-state index in [1.54, 1.807) is 0 Å². The Balaban J connectivity index is 3.20. The molecule has 0 saturated carbocycles. The summed E-state index contributed by atoms with van der Waals surface area (Å²) in [6.07, 6.45) is 0. The van der Waals surface area contributed by atoms with Gasteiger partial charge >= 0.3 is 5.24 Å². The summed E-state index contributed by atoms with van der Waals surface area (Å²) < 4.78 is 2.70. The second-order valence-corrected chi connectivity index (χ2v) is 0.939. The van der Waals surface area contributed by atoms with E-state index in [2.05, 4.69) is 29.4 Å². The highest BCUT2D eigenvalue weighted by atomic mass is 32.1. The average Bonchev–Trinajstić information content (AvgIpc) is 1.38. The van der Waals surface area contributed by atoms with Gasteiger partial charge in [0.1, 0.15) is 0 Å². The smallest absolute Gasteiger partial charge is 0.259 e. The van der Waals surface area contributed by atoms with Crippen LogP contribution < -0.4 is 0 Å². The van der Waals surface area contributed by atoms with Gasteiger partial charge < -0.3 is 0 Å². The molecule has 0 unspecified atom stereocenters. The van der Waals surface area contributed by atoms with Crippen LogP contribution in [0.15, 0.2) is 4.36 Å². The molecular formula is CHNOS2. The first-order valence-electron chi connectivity index (χ1n) is 0.834. The van der Waals surface area contributed by atoms with Gasteiger partial charge in [-0.2, -0.15) is 0 Å². The molecule has 0 N–H and O–H groups in total. The minimum atomic E-state index is -0.611. The van der Waals surface area contributed by atoms with Gasteiger partial charge in [0.05, 0.1) is 0 Å². The predicted molar refractivity (Wildman–Crippen MR) is 24.2 cm³/mol. The van der Waals surface area contributed by atoms with Crippen LogP contribution in [-0.2, 0) is 12.4 Å². The highest BCUT2D eigenvalue weighted by Gasteiger charge is 1.74. The molecule has 0 aromatic heterocycles. The van der Waals surface area contributed by atoms with Crippen LogP contribution >= 0.6 is 12.6 Å². The summed E-state index contributed by atoms with van der Waals surface area (Å²) in [6.45, 7) is 0. The molecule has 1 amide bonds. The fourth-order valence-electron chi connectivity index (χ4n) is 0. The molecule has 4 heteroatoms. The predicted octanol–water partition coefficient (Wildman–Crippen LogP) is 0.767. The fourth-order valence-corrected chi connectivity index (χ4v) is 0. The Morgan fingerprint density at radius 1 is 2.00 bits per heavy atom. The number of thiol groups is 1. The van der Waals surface area contributed by atoms with Crippen molar-refractivity contribution in [2.75, 3.05) is 0 Å². The molecule has 0 radical (unpaired) electrons. The molecule has 0 aromatic rings. The molecule has 0 aromatic carbocycles. The third-order valence-corrected chi connectivity index (χ3v) is 0.479. The van der Waals surface area contributed by atoms with Crippen molar-refractivity contribution in [1.29, 1.82) is 0 Å². The molecule has 2 nitrogen and oxygen atoms in total. The van der Waals surface area contributed by atoms with Crippen LogP contribution in [0.25, 0.3) is 0 Å². The Morgan fingerprint density at radius 2 is 2.20 bits per heavy atom. The van der Waals surface area contributed by atoms with E-state index < -0.39 is 5.24 Å². The molecule has 0 aliphatic rings. The van der Waals surface area contributed by atoms with Crippen LogP contribution in [-0.4, -0.2) is 5.24 Å². The van der Waals surface area contributed by atoms with Gasteiger partial charge in [-0.25, -0.2) is 0 Å². The largest absolute Gasteiger partial charge is 0.313 e. The van der Waals surface area contributed by atoms with Gasteiger partial charge in [0.2, 0.25) is 0 Å². The minimum Gasteiger partial charge on any atom is -0.259 e. The number of rotatable bonds is 0. The van der Waals surface area contributed by atoms with Crippen molar-refractivity contribution in [3.05, 3.63) is 0 Å². The standard InChI is InChI=1S/CHNOS2/c3-1(4)2-5/h(H,3,4). The SMILES string of the molecule is O=C(S)N=S. The summed E-state index contributed by atoms with van der Waals surface area (Å²) in [6, 6.07) is 0. The lowest BCUT2D eigenvalue weighted by molar-refractivity contribution is 0.268. The number of carbonyl (C=O) groups excluding carboxylic acids is 1. The number of carbonyl (C=O) groups is 1. The summed E-state index contributed by atoms with van der Waals surface area (Å²) in [5, 5.41) is -0.611. The van der Waals surface area contributed by atoms with Crippen molar-refractivity contribution < 1.29 is 4.79 Å². The second-order valence-electron chi connectivity index (χ2n) is 0.374. The number of amides is 1. The maximum atomic E-state index is 9.41. The van der Waals surface area contributed by atoms with E-state index >= 15 is 0 Å². The highest BCUT2D eigenvalue weighted by Crippen LogP contribution is 1.77. The molecule has 0 atom stereocenters. The van der Waals surface area contributed by atoms with E-state index in [9.17, 15) is 4.79 Å². The molecule has 0 heterocycles. The van der Waals surface area contributed by atoms with Gasteiger partial charge in [0.25, 0.3) is 0 Å². The quantitative estimate of drug-likeness (QED) is 0.463. The number of hydrogen-bond donors (Lipinski definition) is 1.